The second-order valence-electron chi connectivity index (χ2n) is 5.20. The van der Waals surface area contributed by atoms with Gasteiger partial charge in [-0.2, -0.15) is 0 Å². The van der Waals surface area contributed by atoms with Crippen LogP contribution in [0.5, 0.6) is 0 Å². The Labute approximate surface area is 128 Å². The Morgan fingerprint density at radius 2 is 2.00 bits per heavy atom. The monoisotopic (exact) mass is 306 g/mol. The van der Waals surface area contributed by atoms with Gasteiger partial charge in [-0.05, 0) is 38.6 Å². The molecule has 0 aliphatic rings. The number of likely N-dealkylation sites (N-methyl/N-ethyl adjacent to an activating group) is 1. The number of nitrogens with zero attached hydrogens (tertiary/aromatic N) is 2. The van der Waals surface area contributed by atoms with E-state index in [1.165, 1.54) is 19.2 Å². The zero-order chi connectivity index (χ0) is 16.3. The lowest BCUT2D eigenvalue weighted by Gasteiger charge is -2.26. The van der Waals surface area contributed by atoms with E-state index in [0.717, 1.165) is 11.3 Å². The molecule has 6 heteroatoms. The lowest BCUT2D eigenvalue weighted by atomic mass is 10.0. The van der Waals surface area contributed by atoms with Crippen LogP contribution in [0.25, 0.3) is 0 Å². The van der Waals surface area contributed by atoms with Crippen molar-refractivity contribution in [3.05, 3.63) is 52.7 Å². The minimum absolute atomic E-state index is 0.347. The molecule has 1 atom stereocenters. The van der Waals surface area contributed by atoms with Crippen LogP contribution in [0.1, 0.15) is 28.6 Å². The van der Waals surface area contributed by atoms with Crippen molar-refractivity contribution in [2.45, 2.75) is 26.4 Å². The summed E-state index contributed by atoms with van der Waals surface area (Å²) in [7, 11) is 3.14. The molecule has 0 N–H and O–H groups in total. The van der Waals surface area contributed by atoms with Gasteiger partial charge in [0.15, 0.2) is 0 Å². The number of carbonyl (C=O) groups is 1. The standard InChI is InChI=1S/C16H19FN2O3/c1-10-14(11(2)22-18-10)9-19(3)15(16(20)21-4)12-5-7-13(17)8-6-12/h5-8,15H,9H2,1-4H3/t15-/m1/s1. The molecule has 2 rings (SSSR count). The highest BCUT2D eigenvalue weighted by atomic mass is 19.1. The van der Waals surface area contributed by atoms with Crippen molar-refractivity contribution >= 4 is 5.97 Å². The first-order valence-corrected chi connectivity index (χ1v) is 6.89. The second kappa shape index (κ2) is 6.70. The van der Waals surface area contributed by atoms with Gasteiger partial charge in [-0.25, -0.2) is 9.18 Å². The number of hydrogen-bond donors (Lipinski definition) is 0. The number of aryl methyl sites for hydroxylation is 2. The normalized spacial score (nSPS) is 12.5. The molecule has 0 saturated heterocycles. The van der Waals surface area contributed by atoms with Gasteiger partial charge in [-0.1, -0.05) is 17.3 Å². The molecule has 0 aliphatic heterocycles. The molecule has 22 heavy (non-hydrogen) atoms. The largest absolute Gasteiger partial charge is 0.468 e. The Kier molecular flexibility index (Phi) is 4.92. The van der Waals surface area contributed by atoms with Crippen LogP contribution in [0.15, 0.2) is 28.8 Å². The molecule has 0 fully saturated rings. The molecule has 2 aromatic rings. The van der Waals surface area contributed by atoms with Gasteiger partial charge in [0.05, 0.1) is 12.8 Å². The van der Waals surface area contributed by atoms with Gasteiger partial charge in [0, 0.05) is 12.1 Å². The molecule has 0 aliphatic carbocycles. The van der Waals surface area contributed by atoms with Crippen LogP contribution in [0.3, 0.4) is 0 Å². The first-order chi connectivity index (χ1) is 10.4. The van der Waals surface area contributed by atoms with Crippen LogP contribution in [-0.4, -0.2) is 30.2 Å². The molecule has 0 spiro atoms. The average molecular weight is 306 g/mol. The smallest absolute Gasteiger partial charge is 0.327 e. The Balaban J connectivity index is 2.29. The Bertz CT molecular complexity index is 632. The number of carbonyl (C=O) groups excluding carboxylic acids is 1. The van der Waals surface area contributed by atoms with Crippen molar-refractivity contribution in [1.82, 2.24) is 10.1 Å². The Hall–Kier alpha value is -2.21. The van der Waals surface area contributed by atoms with Crippen LogP contribution >= 0.6 is 0 Å². The molecule has 118 valence electrons. The van der Waals surface area contributed by atoms with Gasteiger partial charge < -0.3 is 9.26 Å². The molecule has 0 radical (unpaired) electrons. The summed E-state index contributed by atoms with van der Waals surface area (Å²) in [5.41, 5.74) is 2.38. The summed E-state index contributed by atoms with van der Waals surface area (Å²) in [6.45, 7) is 4.15. The lowest BCUT2D eigenvalue weighted by molar-refractivity contribution is -0.147. The Morgan fingerprint density at radius 1 is 1.36 bits per heavy atom. The quantitative estimate of drug-likeness (QED) is 0.795. The number of halogens is 1. The van der Waals surface area contributed by atoms with Gasteiger partial charge in [-0.3, -0.25) is 4.90 Å². The molecule has 1 aromatic heterocycles. The fraction of sp³-hybridized carbons (Fsp3) is 0.375. The Morgan fingerprint density at radius 3 is 2.50 bits per heavy atom. The van der Waals surface area contributed by atoms with Crippen LogP contribution in [0, 0.1) is 19.7 Å². The van der Waals surface area contributed by atoms with Gasteiger partial charge in [0.25, 0.3) is 0 Å². The van der Waals surface area contributed by atoms with Crippen molar-refractivity contribution in [1.29, 1.82) is 0 Å². The maximum atomic E-state index is 13.1. The third kappa shape index (κ3) is 3.33. The summed E-state index contributed by atoms with van der Waals surface area (Å²) in [6.07, 6.45) is 0. The highest BCUT2D eigenvalue weighted by molar-refractivity contribution is 5.77. The summed E-state index contributed by atoms with van der Waals surface area (Å²) >= 11 is 0. The van der Waals surface area contributed by atoms with E-state index in [4.69, 9.17) is 9.26 Å². The molecular weight excluding hydrogens is 287 g/mol. The van der Waals surface area contributed by atoms with Crippen LogP contribution in [0.2, 0.25) is 0 Å². The number of esters is 1. The molecule has 0 amide bonds. The van der Waals surface area contributed by atoms with Crippen molar-refractivity contribution in [2.24, 2.45) is 0 Å². The SMILES string of the molecule is COC(=O)[C@@H](c1ccc(F)cc1)N(C)Cc1c(C)noc1C. The maximum absolute atomic E-state index is 13.1. The fourth-order valence-corrected chi connectivity index (χ4v) is 2.40. The number of hydrogen-bond acceptors (Lipinski definition) is 5. The number of ether oxygens (including phenoxy) is 1. The molecule has 1 aromatic carbocycles. The maximum Gasteiger partial charge on any atom is 0.327 e. The molecule has 5 nitrogen and oxygen atoms in total. The minimum Gasteiger partial charge on any atom is -0.468 e. The number of aromatic nitrogens is 1. The predicted octanol–water partition coefficient (Wildman–Crippen LogP) is 2.78. The van der Waals surface area contributed by atoms with Crippen LogP contribution < -0.4 is 0 Å². The van der Waals surface area contributed by atoms with E-state index >= 15 is 0 Å². The first kappa shape index (κ1) is 16.2. The van der Waals surface area contributed by atoms with E-state index in [9.17, 15) is 9.18 Å². The predicted molar refractivity (Wildman–Crippen MR) is 78.6 cm³/mol. The van der Waals surface area contributed by atoms with E-state index in [1.807, 2.05) is 18.7 Å². The summed E-state index contributed by atoms with van der Waals surface area (Å²) in [5, 5.41) is 3.91. The molecule has 0 saturated carbocycles. The fourth-order valence-electron chi connectivity index (χ4n) is 2.40. The van der Waals surface area contributed by atoms with Crippen molar-refractivity contribution < 1.29 is 18.4 Å². The van der Waals surface area contributed by atoms with Gasteiger partial charge in [-0.15, -0.1) is 0 Å². The topological polar surface area (TPSA) is 55.6 Å². The number of rotatable bonds is 5. The zero-order valence-corrected chi connectivity index (χ0v) is 13.1. The third-order valence-corrected chi connectivity index (χ3v) is 3.64. The summed E-state index contributed by atoms with van der Waals surface area (Å²) < 4.78 is 23.1. The van der Waals surface area contributed by atoms with Crippen LogP contribution in [-0.2, 0) is 16.1 Å². The highest BCUT2D eigenvalue weighted by Crippen LogP contribution is 2.25. The van der Waals surface area contributed by atoms with E-state index in [-0.39, 0.29) is 5.82 Å². The molecule has 0 unspecified atom stereocenters. The van der Waals surface area contributed by atoms with E-state index in [2.05, 4.69) is 5.16 Å². The van der Waals surface area contributed by atoms with E-state index < -0.39 is 12.0 Å². The molecular formula is C16H19FN2O3. The average Bonchev–Trinajstić information content (AvgIpc) is 2.81. The van der Waals surface area contributed by atoms with Crippen molar-refractivity contribution in [3.8, 4) is 0 Å². The van der Waals surface area contributed by atoms with Gasteiger partial charge in [0.1, 0.15) is 17.6 Å². The van der Waals surface area contributed by atoms with Crippen LogP contribution in [0.4, 0.5) is 4.39 Å². The first-order valence-electron chi connectivity index (χ1n) is 6.89. The second-order valence-corrected chi connectivity index (χ2v) is 5.20. The highest BCUT2D eigenvalue weighted by Gasteiger charge is 2.27. The lowest BCUT2D eigenvalue weighted by Crippen LogP contribution is -2.31. The van der Waals surface area contributed by atoms with Crippen molar-refractivity contribution in [2.75, 3.05) is 14.2 Å². The third-order valence-electron chi connectivity index (χ3n) is 3.64. The minimum atomic E-state index is -0.626. The summed E-state index contributed by atoms with van der Waals surface area (Å²) in [5.74, 6) is -0.0336. The summed E-state index contributed by atoms with van der Waals surface area (Å²) in [4.78, 5) is 14.0. The van der Waals surface area contributed by atoms with Crippen molar-refractivity contribution in [3.63, 3.8) is 0 Å². The van der Waals surface area contributed by atoms with E-state index in [1.54, 1.807) is 19.2 Å². The zero-order valence-electron chi connectivity index (χ0n) is 13.1. The number of benzene rings is 1. The van der Waals surface area contributed by atoms with Gasteiger partial charge in [0.2, 0.25) is 0 Å². The molecule has 0 bridgehead atoms. The number of methoxy groups -OCH3 is 1. The molecule has 1 heterocycles. The van der Waals surface area contributed by atoms with E-state index in [0.29, 0.717) is 17.9 Å². The summed E-state index contributed by atoms with van der Waals surface area (Å²) in [6, 6.07) is 5.20. The van der Waals surface area contributed by atoms with Gasteiger partial charge >= 0.3 is 5.97 Å².